The second kappa shape index (κ2) is 8.55. The Hall–Kier alpha value is -3.68. The van der Waals surface area contributed by atoms with Gasteiger partial charge in [0.25, 0.3) is 5.91 Å². The van der Waals surface area contributed by atoms with Gasteiger partial charge in [-0.05, 0) is 43.3 Å². The van der Waals surface area contributed by atoms with E-state index in [4.69, 9.17) is 14.2 Å². The smallest absolute Gasteiger partial charge is 0.319 e. The van der Waals surface area contributed by atoms with Crippen molar-refractivity contribution >= 4 is 17.6 Å². The number of ether oxygens (including phenoxy) is 3. The summed E-state index contributed by atoms with van der Waals surface area (Å²) >= 11 is 0. The molecule has 1 heterocycles. The maximum atomic E-state index is 13.1. The first kappa shape index (κ1) is 20.1. The van der Waals surface area contributed by atoms with E-state index in [1.807, 2.05) is 0 Å². The Morgan fingerprint density at radius 1 is 0.966 bits per heavy atom. The highest BCUT2D eigenvalue weighted by molar-refractivity contribution is 6.06. The van der Waals surface area contributed by atoms with Crippen molar-refractivity contribution < 1.29 is 23.8 Å². The lowest BCUT2D eigenvalue weighted by atomic mass is 9.94. The third-order valence-electron chi connectivity index (χ3n) is 4.61. The molecule has 0 radical (unpaired) electrons. The first-order valence-corrected chi connectivity index (χ1v) is 8.92. The van der Waals surface area contributed by atoms with Crippen molar-refractivity contribution in [1.82, 2.24) is 10.6 Å². The van der Waals surface area contributed by atoms with Gasteiger partial charge in [0.05, 0.1) is 32.9 Å². The Kier molecular flexibility index (Phi) is 5.92. The largest absolute Gasteiger partial charge is 0.497 e. The van der Waals surface area contributed by atoms with Crippen LogP contribution < -0.4 is 30.2 Å². The van der Waals surface area contributed by atoms with Gasteiger partial charge >= 0.3 is 6.03 Å². The van der Waals surface area contributed by atoms with Crippen LogP contribution in [-0.4, -0.2) is 33.3 Å². The number of hydrogen-bond donors (Lipinski definition) is 3. The lowest BCUT2D eigenvalue weighted by molar-refractivity contribution is -0.113. The quantitative estimate of drug-likeness (QED) is 0.696. The molecule has 0 aliphatic carbocycles. The number of hydrogen-bond acceptors (Lipinski definition) is 5. The number of methoxy groups -OCH3 is 3. The topological polar surface area (TPSA) is 97.9 Å². The molecule has 3 rings (SSSR count). The van der Waals surface area contributed by atoms with Gasteiger partial charge in [-0.1, -0.05) is 0 Å². The molecule has 0 spiro atoms. The molecular weight excluding hydrogens is 374 g/mol. The summed E-state index contributed by atoms with van der Waals surface area (Å²) in [4.78, 5) is 25.2. The first-order valence-electron chi connectivity index (χ1n) is 8.92. The summed E-state index contributed by atoms with van der Waals surface area (Å²) in [7, 11) is 4.65. The van der Waals surface area contributed by atoms with Crippen LogP contribution in [0.1, 0.15) is 18.5 Å². The first-order chi connectivity index (χ1) is 14.0. The average molecular weight is 397 g/mol. The molecule has 29 heavy (non-hydrogen) atoms. The molecule has 8 nitrogen and oxygen atoms in total. The maximum Gasteiger partial charge on any atom is 0.319 e. The molecule has 3 N–H and O–H groups in total. The van der Waals surface area contributed by atoms with Crippen molar-refractivity contribution in [2.45, 2.75) is 13.0 Å². The minimum atomic E-state index is -0.692. The van der Waals surface area contributed by atoms with E-state index >= 15 is 0 Å². The predicted octanol–water partition coefficient (Wildman–Crippen LogP) is 2.98. The van der Waals surface area contributed by atoms with Gasteiger partial charge < -0.3 is 30.2 Å². The number of allylic oxidation sites excluding steroid dienone is 1. The van der Waals surface area contributed by atoms with Crippen molar-refractivity contribution in [1.29, 1.82) is 0 Å². The Bertz CT molecular complexity index is 953. The Labute approximate surface area is 168 Å². The van der Waals surface area contributed by atoms with Crippen LogP contribution in [0.25, 0.3) is 0 Å². The fourth-order valence-corrected chi connectivity index (χ4v) is 3.16. The van der Waals surface area contributed by atoms with E-state index in [0.717, 1.165) is 0 Å². The highest BCUT2D eigenvalue weighted by atomic mass is 16.5. The van der Waals surface area contributed by atoms with Gasteiger partial charge in [-0.3, -0.25) is 4.79 Å². The molecule has 0 aromatic heterocycles. The summed E-state index contributed by atoms with van der Waals surface area (Å²) in [6.07, 6.45) is 0. The number of benzene rings is 2. The number of amides is 3. The lowest BCUT2D eigenvalue weighted by Crippen LogP contribution is -2.46. The molecule has 1 aliphatic heterocycles. The number of urea groups is 1. The summed E-state index contributed by atoms with van der Waals surface area (Å²) in [5, 5.41) is 8.32. The van der Waals surface area contributed by atoms with Crippen LogP contribution in [0.5, 0.6) is 17.2 Å². The lowest BCUT2D eigenvalue weighted by Gasteiger charge is -2.29. The number of carbonyl (C=O) groups is 2. The van der Waals surface area contributed by atoms with Crippen LogP contribution in [0.3, 0.4) is 0 Å². The second-order valence-corrected chi connectivity index (χ2v) is 6.36. The van der Waals surface area contributed by atoms with Crippen molar-refractivity contribution in [3.05, 3.63) is 59.3 Å². The van der Waals surface area contributed by atoms with E-state index in [0.29, 0.717) is 39.8 Å². The van der Waals surface area contributed by atoms with Crippen LogP contribution in [0.4, 0.5) is 10.5 Å². The molecule has 2 aromatic rings. The van der Waals surface area contributed by atoms with Crippen LogP contribution >= 0.6 is 0 Å². The van der Waals surface area contributed by atoms with E-state index in [1.165, 1.54) is 7.11 Å². The molecule has 152 valence electrons. The minimum absolute atomic E-state index is 0.344. The van der Waals surface area contributed by atoms with Gasteiger partial charge in [0.15, 0.2) is 0 Å². The zero-order valence-corrected chi connectivity index (χ0v) is 16.7. The molecule has 0 bridgehead atoms. The number of anilines is 1. The van der Waals surface area contributed by atoms with Crippen molar-refractivity contribution in [2.75, 3.05) is 26.6 Å². The standard InChI is InChI=1S/C21H23N3O5/c1-12-18(20(25)23-13-5-7-14(27-2)8-6-13)19(24-21(26)22-12)16-10-9-15(28-3)11-17(16)29-4/h5-11,19H,1-4H3,(H,23,25)(H2,22,24,26)/t19-/m0/s1. The van der Waals surface area contributed by atoms with E-state index in [-0.39, 0.29) is 5.91 Å². The number of nitrogens with one attached hydrogen (secondary N) is 3. The maximum absolute atomic E-state index is 13.1. The number of carbonyl (C=O) groups excluding carboxylic acids is 2. The van der Waals surface area contributed by atoms with Crippen molar-refractivity contribution in [3.8, 4) is 17.2 Å². The van der Waals surface area contributed by atoms with Gasteiger partial charge in [0.2, 0.25) is 0 Å². The molecule has 0 saturated carbocycles. The van der Waals surface area contributed by atoms with E-state index in [9.17, 15) is 9.59 Å². The van der Waals surface area contributed by atoms with Gasteiger partial charge in [-0.25, -0.2) is 4.79 Å². The van der Waals surface area contributed by atoms with Gasteiger partial charge in [-0.2, -0.15) is 0 Å². The third kappa shape index (κ3) is 4.26. The molecule has 0 fully saturated rings. The van der Waals surface area contributed by atoms with Crippen LogP contribution in [0.2, 0.25) is 0 Å². The molecule has 2 aromatic carbocycles. The number of rotatable bonds is 6. The predicted molar refractivity (Wildman–Crippen MR) is 108 cm³/mol. The molecule has 3 amide bonds. The highest BCUT2D eigenvalue weighted by Crippen LogP contribution is 2.35. The van der Waals surface area contributed by atoms with Gasteiger partial charge in [0, 0.05) is 23.0 Å². The molecular formula is C21H23N3O5. The van der Waals surface area contributed by atoms with Gasteiger partial charge in [-0.15, -0.1) is 0 Å². The second-order valence-electron chi connectivity index (χ2n) is 6.36. The van der Waals surface area contributed by atoms with Crippen molar-refractivity contribution in [2.24, 2.45) is 0 Å². The highest BCUT2D eigenvalue weighted by Gasteiger charge is 2.33. The Morgan fingerprint density at radius 2 is 1.62 bits per heavy atom. The zero-order valence-electron chi connectivity index (χ0n) is 16.7. The van der Waals surface area contributed by atoms with Crippen LogP contribution in [0.15, 0.2) is 53.7 Å². The fourth-order valence-electron chi connectivity index (χ4n) is 3.16. The molecule has 8 heteroatoms. The monoisotopic (exact) mass is 397 g/mol. The van der Waals surface area contributed by atoms with E-state index in [2.05, 4.69) is 16.0 Å². The summed E-state index contributed by atoms with van der Waals surface area (Å²) in [5.74, 6) is 1.45. The average Bonchev–Trinajstić information content (AvgIpc) is 2.73. The fraction of sp³-hybridized carbons (Fsp3) is 0.238. The Morgan fingerprint density at radius 3 is 2.24 bits per heavy atom. The molecule has 0 saturated heterocycles. The summed E-state index contributed by atoms with van der Waals surface area (Å²) in [6, 6.07) is 11.1. The normalized spacial score (nSPS) is 15.9. The van der Waals surface area contributed by atoms with Gasteiger partial charge in [0.1, 0.15) is 17.2 Å². The van der Waals surface area contributed by atoms with E-state index in [1.54, 1.807) is 63.6 Å². The van der Waals surface area contributed by atoms with Crippen molar-refractivity contribution in [3.63, 3.8) is 0 Å². The Balaban J connectivity index is 1.96. The van der Waals surface area contributed by atoms with Crippen LogP contribution in [0, 0.1) is 0 Å². The van der Waals surface area contributed by atoms with Crippen LogP contribution in [-0.2, 0) is 4.79 Å². The summed E-state index contributed by atoms with van der Waals surface area (Å²) in [6.45, 7) is 1.69. The summed E-state index contributed by atoms with van der Waals surface area (Å²) < 4.78 is 15.8. The zero-order chi connectivity index (χ0) is 21.0. The molecule has 1 aliphatic rings. The SMILES string of the molecule is COc1ccc(NC(=O)C2=C(C)NC(=O)N[C@H]2c2ccc(OC)cc2OC)cc1. The molecule has 0 unspecified atom stereocenters. The third-order valence-corrected chi connectivity index (χ3v) is 4.61. The summed E-state index contributed by atoms with van der Waals surface area (Å²) in [5.41, 5.74) is 2.09. The minimum Gasteiger partial charge on any atom is -0.497 e. The van der Waals surface area contributed by atoms with E-state index < -0.39 is 12.1 Å². The molecule has 1 atom stereocenters.